The first kappa shape index (κ1) is 13.3. The fourth-order valence-corrected chi connectivity index (χ4v) is 2.99. The maximum Gasteiger partial charge on any atom is 0.245 e. The van der Waals surface area contributed by atoms with E-state index in [1.165, 1.54) is 0 Å². The maximum absolute atomic E-state index is 12.2. The van der Waals surface area contributed by atoms with Crippen LogP contribution in [0.5, 0.6) is 0 Å². The number of hydrogen-bond acceptors (Lipinski definition) is 3. The van der Waals surface area contributed by atoms with E-state index in [-0.39, 0.29) is 23.9 Å². The first-order chi connectivity index (χ1) is 8.52. The van der Waals surface area contributed by atoms with Gasteiger partial charge in [-0.1, -0.05) is 6.92 Å². The molecule has 0 aromatic rings. The molecule has 2 aliphatic rings. The van der Waals surface area contributed by atoms with Crippen LogP contribution in [0.4, 0.5) is 0 Å². The summed E-state index contributed by atoms with van der Waals surface area (Å²) < 4.78 is 0. The lowest BCUT2D eigenvalue weighted by Crippen LogP contribution is -2.63. The van der Waals surface area contributed by atoms with E-state index in [2.05, 4.69) is 17.3 Å². The fourth-order valence-electron chi connectivity index (χ4n) is 2.99. The smallest absolute Gasteiger partial charge is 0.245 e. The molecular weight excluding hydrogens is 230 g/mol. The molecule has 102 valence electrons. The quantitative estimate of drug-likeness (QED) is 0.774. The van der Waals surface area contributed by atoms with Crippen molar-refractivity contribution in [2.24, 2.45) is 5.92 Å². The number of nitrogens with one attached hydrogen (secondary N) is 1. The third-order valence-corrected chi connectivity index (χ3v) is 4.02. The summed E-state index contributed by atoms with van der Waals surface area (Å²) in [5, 5.41) is 2.75. The number of rotatable bonds is 3. The Morgan fingerprint density at radius 2 is 2.11 bits per heavy atom. The van der Waals surface area contributed by atoms with Gasteiger partial charge in [-0.25, -0.2) is 0 Å². The minimum atomic E-state index is -0.376. The molecule has 2 aliphatic heterocycles. The Balaban J connectivity index is 2.06. The van der Waals surface area contributed by atoms with Crippen molar-refractivity contribution in [1.29, 1.82) is 0 Å². The number of carbonyl (C=O) groups is 2. The largest absolute Gasteiger partial charge is 0.343 e. The number of carbonyl (C=O) groups excluding carboxylic acids is 2. The van der Waals surface area contributed by atoms with E-state index < -0.39 is 0 Å². The van der Waals surface area contributed by atoms with Gasteiger partial charge in [0.05, 0.1) is 0 Å². The van der Waals surface area contributed by atoms with Gasteiger partial charge in [0.1, 0.15) is 12.1 Å². The molecule has 18 heavy (non-hydrogen) atoms. The molecule has 5 nitrogen and oxygen atoms in total. The Labute approximate surface area is 108 Å². The predicted octanol–water partition coefficient (Wildman–Crippen LogP) is 0.0636. The Bertz CT molecular complexity index is 345. The Kier molecular flexibility index (Phi) is 3.90. The van der Waals surface area contributed by atoms with Crippen molar-refractivity contribution in [3.8, 4) is 0 Å². The standard InChI is InChI=1S/C13H23N3O2/c1-4-11-12(17)14-9(2)13(18)16(11)8-10-5-6-15(3)7-10/h9-11H,4-8H2,1-3H3,(H,14,17). The van der Waals surface area contributed by atoms with E-state index >= 15 is 0 Å². The molecule has 2 saturated heterocycles. The zero-order chi connectivity index (χ0) is 13.3. The molecule has 0 radical (unpaired) electrons. The van der Waals surface area contributed by atoms with Crippen LogP contribution in [0, 0.1) is 5.92 Å². The lowest BCUT2D eigenvalue weighted by Gasteiger charge is -2.38. The molecule has 3 atom stereocenters. The number of hydrogen-bond donors (Lipinski definition) is 1. The summed E-state index contributed by atoms with van der Waals surface area (Å²) in [5.74, 6) is 0.568. The topological polar surface area (TPSA) is 52.7 Å². The van der Waals surface area contributed by atoms with Gasteiger partial charge >= 0.3 is 0 Å². The first-order valence-corrected chi connectivity index (χ1v) is 6.82. The van der Waals surface area contributed by atoms with Gasteiger partial charge in [0.25, 0.3) is 0 Å². The Hall–Kier alpha value is -1.10. The van der Waals surface area contributed by atoms with Gasteiger partial charge in [-0.05, 0) is 39.3 Å². The van der Waals surface area contributed by atoms with E-state index in [0.29, 0.717) is 12.3 Å². The van der Waals surface area contributed by atoms with Crippen molar-refractivity contribution in [3.05, 3.63) is 0 Å². The molecule has 2 heterocycles. The van der Waals surface area contributed by atoms with Gasteiger partial charge in [0, 0.05) is 13.1 Å². The minimum absolute atomic E-state index is 0.00375. The van der Waals surface area contributed by atoms with Gasteiger partial charge in [0.15, 0.2) is 0 Å². The molecule has 3 unspecified atom stereocenters. The summed E-state index contributed by atoms with van der Waals surface area (Å²) in [5.41, 5.74) is 0. The van der Waals surface area contributed by atoms with Crippen LogP contribution in [0.15, 0.2) is 0 Å². The molecule has 0 aromatic carbocycles. The van der Waals surface area contributed by atoms with Crippen LogP contribution in [-0.4, -0.2) is 60.4 Å². The van der Waals surface area contributed by atoms with Crippen LogP contribution in [-0.2, 0) is 9.59 Å². The first-order valence-electron chi connectivity index (χ1n) is 6.82. The third kappa shape index (κ3) is 2.51. The average molecular weight is 253 g/mol. The minimum Gasteiger partial charge on any atom is -0.343 e. The highest BCUT2D eigenvalue weighted by molar-refractivity contribution is 5.96. The zero-order valence-electron chi connectivity index (χ0n) is 11.5. The number of nitrogens with zero attached hydrogens (tertiary/aromatic N) is 2. The van der Waals surface area contributed by atoms with Crippen molar-refractivity contribution < 1.29 is 9.59 Å². The molecule has 5 heteroatoms. The van der Waals surface area contributed by atoms with Crippen LogP contribution >= 0.6 is 0 Å². The zero-order valence-corrected chi connectivity index (χ0v) is 11.5. The van der Waals surface area contributed by atoms with Crippen molar-refractivity contribution in [2.45, 2.75) is 38.8 Å². The van der Waals surface area contributed by atoms with E-state index in [1.54, 1.807) is 11.8 Å². The fraction of sp³-hybridized carbons (Fsp3) is 0.846. The monoisotopic (exact) mass is 253 g/mol. The molecule has 2 fully saturated rings. The number of piperazine rings is 1. The van der Waals surface area contributed by atoms with Crippen LogP contribution < -0.4 is 5.32 Å². The normalized spacial score (nSPS) is 33.9. The molecule has 0 aromatic heterocycles. The third-order valence-electron chi connectivity index (χ3n) is 4.02. The van der Waals surface area contributed by atoms with Gasteiger partial charge in [-0.3, -0.25) is 9.59 Å². The molecule has 2 amide bonds. The SMILES string of the molecule is CCC1C(=O)NC(C)C(=O)N1CC1CCN(C)C1. The maximum atomic E-state index is 12.2. The average Bonchev–Trinajstić information content (AvgIpc) is 2.72. The Morgan fingerprint density at radius 1 is 1.39 bits per heavy atom. The molecule has 0 aliphatic carbocycles. The van der Waals surface area contributed by atoms with Crippen LogP contribution in [0.1, 0.15) is 26.7 Å². The van der Waals surface area contributed by atoms with Crippen molar-refractivity contribution in [3.63, 3.8) is 0 Å². The van der Waals surface area contributed by atoms with Crippen molar-refractivity contribution in [2.75, 3.05) is 26.7 Å². The lowest BCUT2D eigenvalue weighted by molar-refractivity contribution is -0.149. The van der Waals surface area contributed by atoms with Crippen LogP contribution in [0.25, 0.3) is 0 Å². The Morgan fingerprint density at radius 3 is 2.67 bits per heavy atom. The van der Waals surface area contributed by atoms with Gasteiger partial charge in [-0.2, -0.15) is 0 Å². The van der Waals surface area contributed by atoms with Crippen molar-refractivity contribution >= 4 is 11.8 Å². The summed E-state index contributed by atoms with van der Waals surface area (Å²) >= 11 is 0. The van der Waals surface area contributed by atoms with Crippen LogP contribution in [0.3, 0.4) is 0 Å². The molecule has 1 N–H and O–H groups in total. The molecule has 0 bridgehead atoms. The highest BCUT2D eigenvalue weighted by Gasteiger charge is 2.38. The lowest BCUT2D eigenvalue weighted by atomic mass is 10.0. The van der Waals surface area contributed by atoms with E-state index in [9.17, 15) is 9.59 Å². The summed E-state index contributed by atoms with van der Waals surface area (Å²) in [4.78, 5) is 28.2. The summed E-state index contributed by atoms with van der Waals surface area (Å²) in [6.07, 6.45) is 1.81. The predicted molar refractivity (Wildman–Crippen MR) is 69.0 cm³/mol. The second kappa shape index (κ2) is 5.26. The van der Waals surface area contributed by atoms with Crippen molar-refractivity contribution in [1.82, 2.24) is 15.1 Å². The summed E-state index contributed by atoms with van der Waals surface area (Å²) in [7, 11) is 2.10. The van der Waals surface area contributed by atoms with Gasteiger partial charge in [-0.15, -0.1) is 0 Å². The van der Waals surface area contributed by atoms with E-state index in [4.69, 9.17) is 0 Å². The molecule has 0 spiro atoms. The number of amides is 2. The van der Waals surface area contributed by atoms with Gasteiger partial charge < -0.3 is 15.1 Å². The highest BCUT2D eigenvalue weighted by atomic mass is 16.2. The van der Waals surface area contributed by atoms with Gasteiger partial charge in [0.2, 0.25) is 11.8 Å². The molecule has 0 saturated carbocycles. The second-order valence-electron chi connectivity index (χ2n) is 5.56. The van der Waals surface area contributed by atoms with Crippen LogP contribution in [0.2, 0.25) is 0 Å². The van der Waals surface area contributed by atoms with E-state index in [1.807, 2.05) is 6.92 Å². The molecule has 2 rings (SSSR count). The summed E-state index contributed by atoms with van der Waals surface area (Å²) in [6.45, 7) is 6.56. The second-order valence-corrected chi connectivity index (χ2v) is 5.56. The van der Waals surface area contributed by atoms with E-state index in [0.717, 1.165) is 26.1 Å². The highest BCUT2D eigenvalue weighted by Crippen LogP contribution is 2.20. The number of likely N-dealkylation sites (tertiary alicyclic amines) is 1. The molecular formula is C13H23N3O2. The summed E-state index contributed by atoms with van der Waals surface area (Å²) in [6, 6.07) is -0.654.